The molecule has 0 aliphatic rings. The van der Waals surface area contributed by atoms with Gasteiger partial charge in [-0.15, -0.1) is 0 Å². The highest BCUT2D eigenvalue weighted by Crippen LogP contribution is 2.45. The second-order valence-electron chi connectivity index (χ2n) is 14.9. The molecule has 0 aliphatic heterocycles. The lowest BCUT2D eigenvalue weighted by molar-refractivity contribution is 0.669. The van der Waals surface area contributed by atoms with Gasteiger partial charge in [-0.3, -0.25) is 0 Å². The van der Waals surface area contributed by atoms with Gasteiger partial charge in [-0.1, -0.05) is 121 Å². The Balaban J connectivity index is 0.999. The van der Waals surface area contributed by atoms with E-state index in [0.717, 1.165) is 55.9 Å². The fourth-order valence-corrected chi connectivity index (χ4v) is 9.13. The summed E-state index contributed by atoms with van der Waals surface area (Å²) in [6.07, 6.45) is 0. The van der Waals surface area contributed by atoms with Gasteiger partial charge in [0.25, 0.3) is 0 Å². The molecule has 12 rings (SSSR count). The van der Waals surface area contributed by atoms with Crippen LogP contribution in [-0.2, 0) is 0 Å². The molecule has 0 spiro atoms. The van der Waals surface area contributed by atoms with Crippen LogP contribution in [0.5, 0.6) is 0 Å². The minimum absolute atomic E-state index is 0.866. The molecule has 0 saturated heterocycles. The molecule has 0 amide bonds. The minimum Gasteiger partial charge on any atom is -0.456 e. The smallest absolute Gasteiger partial charge is 0.137 e. The predicted molar refractivity (Wildman–Crippen MR) is 243 cm³/mol. The van der Waals surface area contributed by atoms with E-state index in [2.05, 4.69) is 220 Å². The van der Waals surface area contributed by atoms with Crippen LogP contribution in [0.4, 0.5) is 17.1 Å². The first-order valence-corrected chi connectivity index (χ1v) is 19.8. The topological polar surface area (TPSA) is 26.2 Å². The second kappa shape index (κ2) is 12.9. The zero-order chi connectivity index (χ0) is 38.2. The molecule has 3 heterocycles. The Bertz CT molecular complexity index is 3440. The van der Waals surface area contributed by atoms with E-state index in [1.807, 2.05) is 6.07 Å². The highest BCUT2D eigenvalue weighted by atomic mass is 16.3. The zero-order valence-electron chi connectivity index (χ0n) is 31.5. The average Bonchev–Trinajstić information content (AvgIpc) is 3.95. The highest BCUT2D eigenvalue weighted by Gasteiger charge is 2.21. The molecule has 4 heteroatoms. The first-order chi connectivity index (χ1) is 28.8. The van der Waals surface area contributed by atoms with Crippen molar-refractivity contribution in [3.8, 4) is 22.5 Å². The molecule has 12 aromatic rings. The molecule has 0 saturated carbocycles. The lowest BCUT2D eigenvalue weighted by atomic mass is 10.0. The molecular weight excluding hydrogens is 707 g/mol. The summed E-state index contributed by atoms with van der Waals surface area (Å²) in [5.74, 6) is 0. The second-order valence-corrected chi connectivity index (χ2v) is 14.9. The zero-order valence-corrected chi connectivity index (χ0v) is 31.5. The molecule has 9 aromatic carbocycles. The van der Waals surface area contributed by atoms with E-state index in [4.69, 9.17) is 4.42 Å². The van der Waals surface area contributed by atoms with E-state index in [1.165, 1.54) is 49.2 Å². The van der Waals surface area contributed by atoms with Crippen LogP contribution >= 0.6 is 0 Å². The third kappa shape index (κ3) is 4.95. The van der Waals surface area contributed by atoms with Crippen molar-refractivity contribution in [2.24, 2.45) is 0 Å². The van der Waals surface area contributed by atoms with Gasteiger partial charge in [0.05, 0.1) is 33.1 Å². The molecule has 0 bridgehead atoms. The van der Waals surface area contributed by atoms with Crippen molar-refractivity contribution in [3.63, 3.8) is 0 Å². The van der Waals surface area contributed by atoms with Crippen molar-refractivity contribution in [2.45, 2.75) is 0 Å². The largest absolute Gasteiger partial charge is 0.456 e. The third-order valence-corrected chi connectivity index (χ3v) is 11.7. The van der Waals surface area contributed by atoms with Crippen LogP contribution in [0.25, 0.3) is 88.1 Å². The maximum atomic E-state index is 6.42. The number of aromatic nitrogens is 2. The van der Waals surface area contributed by atoms with Gasteiger partial charge >= 0.3 is 0 Å². The van der Waals surface area contributed by atoms with Crippen molar-refractivity contribution in [1.82, 2.24) is 9.13 Å². The first-order valence-electron chi connectivity index (χ1n) is 19.8. The third-order valence-electron chi connectivity index (χ3n) is 11.7. The van der Waals surface area contributed by atoms with Crippen molar-refractivity contribution in [3.05, 3.63) is 212 Å². The fourth-order valence-electron chi connectivity index (χ4n) is 9.13. The number of anilines is 3. The van der Waals surface area contributed by atoms with Gasteiger partial charge in [0.1, 0.15) is 11.2 Å². The molecule has 272 valence electrons. The minimum atomic E-state index is 0.866. The Labute approximate surface area is 334 Å². The normalized spacial score (nSPS) is 11.8. The van der Waals surface area contributed by atoms with E-state index < -0.39 is 0 Å². The highest BCUT2D eigenvalue weighted by molar-refractivity contribution is 6.15. The summed E-state index contributed by atoms with van der Waals surface area (Å²) < 4.78 is 11.2. The molecule has 0 atom stereocenters. The van der Waals surface area contributed by atoms with Crippen LogP contribution in [0.2, 0.25) is 0 Å². The number of rotatable bonds is 6. The van der Waals surface area contributed by atoms with E-state index in [9.17, 15) is 0 Å². The number of hydrogen-bond donors (Lipinski definition) is 0. The molecule has 0 radical (unpaired) electrons. The molecule has 0 aliphatic carbocycles. The van der Waals surface area contributed by atoms with E-state index in [0.29, 0.717) is 0 Å². The number of para-hydroxylation sites is 5. The van der Waals surface area contributed by atoms with Crippen molar-refractivity contribution >= 4 is 82.6 Å². The van der Waals surface area contributed by atoms with Crippen molar-refractivity contribution < 1.29 is 4.42 Å². The van der Waals surface area contributed by atoms with Gasteiger partial charge < -0.3 is 18.5 Å². The summed E-state index contributed by atoms with van der Waals surface area (Å²) in [4.78, 5) is 2.38. The van der Waals surface area contributed by atoms with Gasteiger partial charge in [-0.2, -0.15) is 0 Å². The lowest BCUT2D eigenvalue weighted by Crippen LogP contribution is -2.10. The number of nitrogens with zero attached hydrogens (tertiary/aromatic N) is 3. The maximum absolute atomic E-state index is 6.42. The van der Waals surface area contributed by atoms with Crippen LogP contribution in [0.3, 0.4) is 0 Å². The summed E-state index contributed by atoms with van der Waals surface area (Å²) in [6.45, 7) is 0. The lowest BCUT2D eigenvalue weighted by Gasteiger charge is -2.26. The number of furan rings is 1. The van der Waals surface area contributed by atoms with Crippen molar-refractivity contribution in [1.29, 1.82) is 0 Å². The van der Waals surface area contributed by atoms with Gasteiger partial charge in [0.15, 0.2) is 0 Å². The average molecular weight is 742 g/mol. The van der Waals surface area contributed by atoms with Gasteiger partial charge in [-0.05, 0) is 102 Å². The predicted octanol–water partition coefficient (Wildman–Crippen LogP) is 14.9. The molecule has 3 aromatic heterocycles. The Kier molecular flexibility index (Phi) is 7.20. The standard InChI is InChI=1S/C54H35N3O/c1-2-13-38(14-3-1)56-49-21-10-6-17-44(49)46-35-41(33-34-50(46)56)55(51-22-12-24-53-54(51)45-18-7-11-23-52(45)58-53)39-29-25-36(26-30-39)37-27-31-40(32-28-37)57-47-19-8-4-15-42(47)43-16-5-9-20-48(43)57/h1-35H. The summed E-state index contributed by atoms with van der Waals surface area (Å²) in [5, 5.41) is 7.14. The molecule has 0 fully saturated rings. The number of fused-ring (bicyclic) bond motifs is 9. The van der Waals surface area contributed by atoms with Gasteiger partial charge in [0.2, 0.25) is 0 Å². The Morgan fingerprint density at radius 1 is 0.328 bits per heavy atom. The van der Waals surface area contributed by atoms with E-state index >= 15 is 0 Å². The first kappa shape index (κ1) is 32.4. The summed E-state index contributed by atoms with van der Waals surface area (Å²) in [6, 6.07) is 76.1. The molecule has 0 unspecified atom stereocenters. The Hall–Kier alpha value is -7.82. The molecular formula is C54H35N3O. The van der Waals surface area contributed by atoms with Crippen molar-refractivity contribution in [2.75, 3.05) is 4.90 Å². The van der Waals surface area contributed by atoms with Crippen LogP contribution in [0.15, 0.2) is 217 Å². The monoisotopic (exact) mass is 741 g/mol. The van der Waals surface area contributed by atoms with E-state index in [-0.39, 0.29) is 0 Å². The molecule has 0 N–H and O–H groups in total. The summed E-state index contributed by atoms with van der Waals surface area (Å²) in [5.41, 5.74) is 14.3. The van der Waals surface area contributed by atoms with Crippen LogP contribution in [-0.4, -0.2) is 9.13 Å². The van der Waals surface area contributed by atoms with Gasteiger partial charge in [0, 0.05) is 49.7 Å². The van der Waals surface area contributed by atoms with Crippen LogP contribution in [0.1, 0.15) is 0 Å². The summed E-state index contributed by atoms with van der Waals surface area (Å²) >= 11 is 0. The number of benzene rings is 9. The maximum Gasteiger partial charge on any atom is 0.137 e. The Morgan fingerprint density at radius 3 is 1.47 bits per heavy atom. The molecule has 4 nitrogen and oxygen atoms in total. The van der Waals surface area contributed by atoms with Gasteiger partial charge in [-0.25, -0.2) is 0 Å². The molecule has 58 heavy (non-hydrogen) atoms. The Morgan fingerprint density at radius 2 is 0.810 bits per heavy atom. The van der Waals surface area contributed by atoms with Crippen LogP contribution < -0.4 is 4.90 Å². The SMILES string of the molecule is c1ccc(-n2c3ccccc3c3cc(N(c4ccc(-c5ccc(-n6c7ccccc7c7ccccc76)cc5)cc4)c4cccc5oc6ccccc6c45)ccc32)cc1. The number of hydrogen-bond acceptors (Lipinski definition) is 2. The quantitative estimate of drug-likeness (QED) is 0.170. The van der Waals surface area contributed by atoms with Crippen LogP contribution in [0, 0.1) is 0 Å². The van der Waals surface area contributed by atoms with E-state index in [1.54, 1.807) is 0 Å². The fraction of sp³-hybridized carbons (Fsp3) is 0. The summed E-state index contributed by atoms with van der Waals surface area (Å²) in [7, 11) is 0.